The third-order valence-electron chi connectivity index (χ3n) is 4.09. The van der Waals surface area contributed by atoms with E-state index in [-0.39, 0.29) is 32.5 Å². The minimum atomic E-state index is -4.19. The number of ketones is 1. The van der Waals surface area contributed by atoms with Crippen LogP contribution in [0.4, 0.5) is 5.69 Å². The Morgan fingerprint density at radius 2 is 1.55 bits per heavy atom. The van der Waals surface area contributed by atoms with Gasteiger partial charge in [-0.15, -0.1) is 0 Å². The highest BCUT2D eigenvalue weighted by Gasteiger charge is 2.23. The molecule has 0 atom stereocenters. The highest BCUT2D eigenvalue weighted by Crippen LogP contribution is 2.27. The molecule has 1 N–H and O–H groups in total. The molecule has 0 heterocycles. The largest absolute Gasteiger partial charge is 0.465 e. The van der Waals surface area contributed by atoms with Gasteiger partial charge in [0.1, 0.15) is 4.90 Å². The van der Waals surface area contributed by atoms with Gasteiger partial charge in [-0.25, -0.2) is 13.2 Å². The van der Waals surface area contributed by atoms with E-state index in [1.807, 2.05) is 0 Å². The number of methoxy groups -OCH3 is 1. The molecule has 3 aromatic carbocycles. The predicted octanol–water partition coefficient (Wildman–Crippen LogP) is 4.16. The van der Waals surface area contributed by atoms with Crippen molar-refractivity contribution in [3.05, 3.63) is 94.5 Å². The standard InChI is InChI=1S/C21H16ClNO5S/c1-28-21(25)15-11-12-17(22)19(13-15)29(26,27)23-18-10-6-5-9-16(18)20(24)14-7-3-2-4-8-14/h2-13,23H,1H3. The molecule has 0 aliphatic heterocycles. The van der Waals surface area contributed by atoms with E-state index in [4.69, 9.17) is 11.6 Å². The zero-order valence-corrected chi connectivity index (χ0v) is 16.8. The third-order valence-corrected chi connectivity index (χ3v) is 5.94. The quantitative estimate of drug-likeness (QED) is 0.469. The second kappa shape index (κ2) is 8.46. The van der Waals surface area contributed by atoms with Crippen LogP contribution in [0.3, 0.4) is 0 Å². The smallest absolute Gasteiger partial charge is 0.337 e. The number of sulfonamides is 1. The van der Waals surface area contributed by atoms with E-state index < -0.39 is 16.0 Å². The molecule has 0 aliphatic rings. The van der Waals surface area contributed by atoms with E-state index in [1.165, 1.54) is 31.4 Å². The van der Waals surface area contributed by atoms with Gasteiger partial charge in [0.2, 0.25) is 0 Å². The Labute approximate surface area is 173 Å². The Morgan fingerprint density at radius 3 is 2.24 bits per heavy atom. The van der Waals surface area contributed by atoms with E-state index in [2.05, 4.69) is 9.46 Å². The molecule has 148 valence electrons. The Hall–Kier alpha value is -3.16. The van der Waals surface area contributed by atoms with Crippen LogP contribution in [0.25, 0.3) is 0 Å². The zero-order chi connectivity index (χ0) is 21.0. The average molecular weight is 430 g/mol. The number of carbonyl (C=O) groups is 2. The number of halogens is 1. The molecule has 0 radical (unpaired) electrons. The van der Waals surface area contributed by atoms with Crippen molar-refractivity contribution in [2.45, 2.75) is 4.90 Å². The van der Waals surface area contributed by atoms with E-state index in [0.29, 0.717) is 5.56 Å². The van der Waals surface area contributed by atoms with Gasteiger partial charge in [-0.3, -0.25) is 9.52 Å². The fraction of sp³-hybridized carbons (Fsp3) is 0.0476. The fourth-order valence-electron chi connectivity index (χ4n) is 2.67. The van der Waals surface area contributed by atoms with Crippen LogP contribution in [0.15, 0.2) is 77.7 Å². The molecular formula is C21H16ClNO5S. The normalized spacial score (nSPS) is 11.0. The van der Waals surface area contributed by atoms with Crippen LogP contribution in [0, 0.1) is 0 Å². The number of nitrogens with one attached hydrogen (secondary N) is 1. The summed E-state index contributed by atoms with van der Waals surface area (Å²) in [6, 6.07) is 18.5. The summed E-state index contributed by atoms with van der Waals surface area (Å²) in [6.45, 7) is 0. The van der Waals surface area contributed by atoms with Crippen molar-refractivity contribution >= 4 is 39.1 Å². The average Bonchev–Trinajstić information content (AvgIpc) is 2.73. The van der Waals surface area contributed by atoms with Gasteiger partial charge < -0.3 is 4.74 Å². The summed E-state index contributed by atoms with van der Waals surface area (Å²) in [6.07, 6.45) is 0. The molecule has 0 spiro atoms. The van der Waals surface area contributed by atoms with Crippen molar-refractivity contribution in [1.82, 2.24) is 0 Å². The van der Waals surface area contributed by atoms with E-state index in [9.17, 15) is 18.0 Å². The maximum atomic E-state index is 12.9. The van der Waals surface area contributed by atoms with Crippen molar-refractivity contribution in [3.8, 4) is 0 Å². The lowest BCUT2D eigenvalue weighted by atomic mass is 10.0. The number of hydrogen-bond acceptors (Lipinski definition) is 5. The van der Waals surface area contributed by atoms with Crippen LogP contribution >= 0.6 is 11.6 Å². The Balaban J connectivity index is 2.01. The molecule has 6 nitrogen and oxygen atoms in total. The van der Waals surface area contributed by atoms with E-state index in [1.54, 1.807) is 42.5 Å². The summed E-state index contributed by atoms with van der Waals surface area (Å²) >= 11 is 6.05. The molecule has 0 unspecified atom stereocenters. The molecule has 8 heteroatoms. The highest BCUT2D eigenvalue weighted by atomic mass is 35.5. The molecule has 0 saturated heterocycles. The monoisotopic (exact) mass is 429 g/mol. The van der Waals surface area contributed by atoms with Gasteiger partial charge in [-0.1, -0.05) is 54.1 Å². The first-order valence-corrected chi connectivity index (χ1v) is 10.3. The van der Waals surface area contributed by atoms with Crippen LogP contribution in [-0.4, -0.2) is 27.3 Å². The lowest BCUT2D eigenvalue weighted by Crippen LogP contribution is -2.17. The molecule has 0 fully saturated rings. The van der Waals surface area contributed by atoms with Crippen LogP contribution in [0.2, 0.25) is 5.02 Å². The maximum Gasteiger partial charge on any atom is 0.337 e. The van der Waals surface area contributed by atoms with Crippen molar-refractivity contribution in [1.29, 1.82) is 0 Å². The maximum absolute atomic E-state index is 12.9. The van der Waals surface area contributed by atoms with E-state index in [0.717, 1.165) is 6.07 Å². The molecular weight excluding hydrogens is 414 g/mol. The summed E-state index contributed by atoms with van der Waals surface area (Å²) in [7, 11) is -3.00. The first-order chi connectivity index (χ1) is 13.8. The first-order valence-electron chi connectivity index (χ1n) is 8.43. The van der Waals surface area contributed by atoms with Gasteiger partial charge in [-0.2, -0.15) is 0 Å². The number of hydrogen-bond donors (Lipinski definition) is 1. The fourth-order valence-corrected chi connectivity index (χ4v) is 4.28. The lowest BCUT2D eigenvalue weighted by Gasteiger charge is -2.13. The molecule has 29 heavy (non-hydrogen) atoms. The summed E-state index contributed by atoms with van der Waals surface area (Å²) in [5.41, 5.74) is 0.735. The third kappa shape index (κ3) is 4.47. The first kappa shape index (κ1) is 20.6. The minimum absolute atomic E-state index is 0.0333. The lowest BCUT2D eigenvalue weighted by molar-refractivity contribution is 0.0600. The van der Waals surface area contributed by atoms with Crippen molar-refractivity contribution in [2.24, 2.45) is 0 Å². The van der Waals surface area contributed by atoms with Crippen LogP contribution < -0.4 is 4.72 Å². The Kier molecular flexibility index (Phi) is 6.00. The SMILES string of the molecule is COC(=O)c1ccc(Cl)c(S(=O)(=O)Nc2ccccc2C(=O)c2ccccc2)c1. The summed E-state index contributed by atoms with van der Waals surface area (Å²) in [5.74, 6) is -1.03. The van der Waals surface area contributed by atoms with Gasteiger partial charge in [0.15, 0.2) is 5.78 Å². The molecule has 3 aromatic rings. The number of ether oxygens (including phenoxy) is 1. The Bertz CT molecular complexity index is 1180. The number of carbonyl (C=O) groups excluding carboxylic acids is 2. The highest BCUT2D eigenvalue weighted by molar-refractivity contribution is 7.92. The Morgan fingerprint density at radius 1 is 0.897 bits per heavy atom. The van der Waals surface area contributed by atoms with Crippen molar-refractivity contribution in [2.75, 3.05) is 11.8 Å². The number of para-hydroxylation sites is 1. The second-order valence-electron chi connectivity index (χ2n) is 5.98. The van der Waals surface area contributed by atoms with Gasteiger partial charge >= 0.3 is 5.97 Å². The van der Waals surface area contributed by atoms with Crippen LogP contribution in [0.1, 0.15) is 26.3 Å². The topological polar surface area (TPSA) is 89.5 Å². The molecule has 0 aromatic heterocycles. The second-order valence-corrected chi connectivity index (χ2v) is 8.04. The number of esters is 1. The van der Waals surface area contributed by atoms with Crippen LogP contribution in [-0.2, 0) is 14.8 Å². The van der Waals surface area contributed by atoms with Crippen molar-refractivity contribution < 1.29 is 22.7 Å². The van der Waals surface area contributed by atoms with Gasteiger partial charge in [0.05, 0.1) is 23.4 Å². The predicted molar refractivity (Wildman–Crippen MR) is 110 cm³/mol. The van der Waals surface area contributed by atoms with Gasteiger partial charge in [0, 0.05) is 11.1 Å². The molecule has 0 aliphatic carbocycles. The zero-order valence-electron chi connectivity index (χ0n) is 15.3. The number of anilines is 1. The minimum Gasteiger partial charge on any atom is -0.465 e. The van der Waals surface area contributed by atoms with Crippen molar-refractivity contribution in [3.63, 3.8) is 0 Å². The van der Waals surface area contributed by atoms with Gasteiger partial charge in [0.25, 0.3) is 10.0 Å². The molecule has 3 rings (SSSR count). The summed E-state index contributed by atoms with van der Waals surface area (Å²) in [4.78, 5) is 24.3. The number of rotatable bonds is 6. The number of benzene rings is 3. The summed E-state index contributed by atoms with van der Waals surface area (Å²) in [5, 5.41) is -0.0722. The van der Waals surface area contributed by atoms with Gasteiger partial charge in [-0.05, 0) is 30.3 Å². The summed E-state index contributed by atoms with van der Waals surface area (Å²) < 4.78 is 32.9. The molecule has 0 bridgehead atoms. The van der Waals surface area contributed by atoms with Crippen LogP contribution in [0.5, 0.6) is 0 Å². The van der Waals surface area contributed by atoms with E-state index >= 15 is 0 Å². The molecule has 0 saturated carbocycles. The molecule has 0 amide bonds.